The van der Waals surface area contributed by atoms with Crippen molar-refractivity contribution in [1.82, 2.24) is 0 Å². The van der Waals surface area contributed by atoms with Crippen LogP contribution in [0.15, 0.2) is 22.0 Å². The summed E-state index contributed by atoms with van der Waals surface area (Å²) < 4.78 is 12.0. The molecule has 114 valence electrons. The highest BCUT2D eigenvalue weighted by Crippen LogP contribution is 2.30. The van der Waals surface area contributed by atoms with Gasteiger partial charge in [-0.3, -0.25) is 9.00 Å². The number of rotatable bonds is 3. The highest BCUT2D eigenvalue weighted by molar-refractivity contribution is 7.84. The molecular weight excluding hydrogens is 288 g/mol. The summed E-state index contributed by atoms with van der Waals surface area (Å²) in [7, 11) is -1.19. The molecule has 6 nitrogen and oxygen atoms in total. The van der Waals surface area contributed by atoms with Crippen LogP contribution in [0.4, 0.5) is 5.69 Å². The lowest BCUT2D eigenvalue weighted by Gasteiger charge is -2.22. The number of guanidine groups is 1. The van der Waals surface area contributed by atoms with Gasteiger partial charge >= 0.3 is 0 Å². The summed E-state index contributed by atoms with van der Waals surface area (Å²) in [5.74, 6) is -0.783. The zero-order valence-electron chi connectivity index (χ0n) is 12.3. The van der Waals surface area contributed by atoms with Crippen LogP contribution in [0.3, 0.4) is 0 Å². The van der Waals surface area contributed by atoms with Gasteiger partial charge in [-0.05, 0) is 37.5 Å². The number of carbonyl (C=O) groups is 1. The first-order valence-electron chi connectivity index (χ1n) is 6.77. The summed E-state index contributed by atoms with van der Waals surface area (Å²) in [5.41, 5.74) is 12.6. The summed E-state index contributed by atoms with van der Waals surface area (Å²) in [5, 5.41) is 0. The van der Waals surface area contributed by atoms with E-state index in [0.717, 1.165) is 37.2 Å². The van der Waals surface area contributed by atoms with E-state index in [1.54, 1.807) is 12.3 Å². The lowest BCUT2D eigenvalue weighted by atomic mass is 10.1. The van der Waals surface area contributed by atoms with Gasteiger partial charge in [0.1, 0.15) is 0 Å². The van der Waals surface area contributed by atoms with Crippen LogP contribution in [0.5, 0.6) is 0 Å². The predicted molar refractivity (Wildman–Crippen MR) is 85.1 cm³/mol. The Balaban J connectivity index is 2.51. The SMILES string of the molecule is Cc1cc(N2CCCC2)c(S(C)=O)cc1C(=O)N=C(N)N. The molecule has 1 atom stereocenters. The predicted octanol–water partition coefficient (Wildman–Crippen LogP) is 0.746. The minimum Gasteiger partial charge on any atom is -0.371 e. The van der Waals surface area contributed by atoms with E-state index in [4.69, 9.17) is 11.5 Å². The minimum absolute atomic E-state index is 0.276. The van der Waals surface area contributed by atoms with Gasteiger partial charge in [-0.25, -0.2) is 0 Å². The van der Waals surface area contributed by atoms with E-state index in [1.165, 1.54) is 0 Å². The third-order valence-electron chi connectivity index (χ3n) is 3.52. The Kier molecular flexibility index (Phi) is 4.62. The van der Waals surface area contributed by atoms with E-state index in [2.05, 4.69) is 9.89 Å². The smallest absolute Gasteiger partial charge is 0.280 e. The van der Waals surface area contributed by atoms with Crippen LogP contribution in [0.2, 0.25) is 0 Å². The molecule has 1 amide bonds. The van der Waals surface area contributed by atoms with Gasteiger partial charge in [0.15, 0.2) is 5.96 Å². The van der Waals surface area contributed by atoms with Crippen molar-refractivity contribution in [3.8, 4) is 0 Å². The molecule has 0 spiro atoms. The van der Waals surface area contributed by atoms with Crippen LogP contribution in [0, 0.1) is 6.92 Å². The molecule has 1 unspecified atom stereocenters. The van der Waals surface area contributed by atoms with Crippen LogP contribution in [0.25, 0.3) is 0 Å². The van der Waals surface area contributed by atoms with Crippen molar-refractivity contribution in [3.63, 3.8) is 0 Å². The molecule has 21 heavy (non-hydrogen) atoms. The largest absolute Gasteiger partial charge is 0.371 e. The van der Waals surface area contributed by atoms with E-state index < -0.39 is 16.7 Å². The molecule has 4 N–H and O–H groups in total. The monoisotopic (exact) mass is 308 g/mol. The van der Waals surface area contributed by atoms with Crippen LogP contribution >= 0.6 is 0 Å². The van der Waals surface area contributed by atoms with Gasteiger partial charge in [-0.1, -0.05) is 0 Å². The molecule has 0 bridgehead atoms. The maximum absolute atomic E-state index is 12.0. The number of anilines is 1. The second kappa shape index (κ2) is 6.26. The topological polar surface area (TPSA) is 102 Å². The van der Waals surface area contributed by atoms with E-state index in [1.807, 2.05) is 13.0 Å². The molecule has 1 saturated heterocycles. The normalized spacial score (nSPS) is 15.8. The maximum atomic E-state index is 12.0. The Morgan fingerprint density at radius 2 is 1.90 bits per heavy atom. The van der Waals surface area contributed by atoms with E-state index >= 15 is 0 Å². The maximum Gasteiger partial charge on any atom is 0.280 e. The molecule has 1 aliphatic heterocycles. The fraction of sp³-hybridized carbons (Fsp3) is 0.429. The molecule has 1 aromatic carbocycles. The molecule has 0 radical (unpaired) electrons. The number of nitrogens with zero attached hydrogens (tertiary/aromatic N) is 2. The fourth-order valence-electron chi connectivity index (χ4n) is 2.52. The lowest BCUT2D eigenvalue weighted by molar-refractivity contribution is 0.100. The molecule has 1 heterocycles. The Morgan fingerprint density at radius 3 is 2.43 bits per heavy atom. The van der Waals surface area contributed by atoms with Crippen molar-refractivity contribution >= 4 is 28.4 Å². The average Bonchev–Trinajstić information content (AvgIpc) is 2.90. The Morgan fingerprint density at radius 1 is 1.29 bits per heavy atom. The van der Waals surface area contributed by atoms with Crippen LogP contribution < -0.4 is 16.4 Å². The first kappa shape index (κ1) is 15.5. The number of nitrogens with two attached hydrogens (primary N) is 2. The second-order valence-electron chi connectivity index (χ2n) is 5.12. The third kappa shape index (κ3) is 3.41. The average molecular weight is 308 g/mol. The van der Waals surface area contributed by atoms with Crippen LogP contribution in [-0.2, 0) is 10.8 Å². The Hall–Kier alpha value is -1.89. The van der Waals surface area contributed by atoms with Gasteiger partial charge in [-0.2, -0.15) is 4.99 Å². The van der Waals surface area contributed by atoms with Gasteiger partial charge in [0.25, 0.3) is 5.91 Å². The molecule has 1 aromatic rings. The zero-order chi connectivity index (χ0) is 15.6. The van der Waals surface area contributed by atoms with Crippen LogP contribution in [-0.4, -0.2) is 35.4 Å². The number of aryl methyl sites for hydroxylation is 1. The summed E-state index contributed by atoms with van der Waals surface area (Å²) in [6.07, 6.45) is 3.87. The molecule has 1 aliphatic rings. The molecule has 7 heteroatoms. The van der Waals surface area contributed by atoms with Crippen molar-refractivity contribution in [2.45, 2.75) is 24.7 Å². The summed E-state index contributed by atoms with van der Waals surface area (Å²) in [6, 6.07) is 3.55. The number of hydrogen-bond donors (Lipinski definition) is 2. The zero-order valence-corrected chi connectivity index (χ0v) is 13.1. The number of amides is 1. The highest BCUT2D eigenvalue weighted by atomic mass is 32.2. The van der Waals surface area contributed by atoms with E-state index in [0.29, 0.717) is 10.5 Å². The van der Waals surface area contributed by atoms with Crippen molar-refractivity contribution in [1.29, 1.82) is 0 Å². The van der Waals surface area contributed by atoms with E-state index in [-0.39, 0.29) is 5.96 Å². The molecule has 2 rings (SSSR count). The Labute approximate surface area is 126 Å². The summed E-state index contributed by atoms with van der Waals surface area (Å²) in [6.45, 7) is 3.73. The van der Waals surface area contributed by atoms with Crippen molar-refractivity contribution < 1.29 is 9.00 Å². The lowest BCUT2D eigenvalue weighted by Crippen LogP contribution is -2.24. The molecule has 0 saturated carbocycles. The number of benzene rings is 1. The standard InChI is InChI=1S/C14H20N4O2S/c1-9-7-11(18-5-3-4-6-18)12(21(2)20)8-10(9)13(19)17-14(15)16/h7-8H,3-6H2,1-2H3,(H4,15,16,17,19). The quantitative estimate of drug-likeness (QED) is 0.633. The first-order valence-corrected chi connectivity index (χ1v) is 8.33. The fourth-order valence-corrected chi connectivity index (χ4v) is 3.28. The highest BCUT2D eigenvalue weighted by Gasteiger charge is 2.21. The van der Waals surface area contributed by atoms with Gasteiger partial charge in [0.05, 0.1) is 21.4 Å². The first-order chi connectivity index (χ1) is 9.90. The summed E-state index contributed by atoms with van der Waals surface area (Å²) in [4.78, 5) is 18.4. The van der Waals surface area contributed by atoms with Gasteiger partial charge in [0, 0.05) is 24.9 Å². The van der Waals surface area contributed by atoms with Crippen LogP contribution in [0.1, 0.15) is 28.8 Å². The number of hydrogen-bond acceptors (Lipinski definition) is 3. The van der Waals surface area contributed by atoms with Crippen molar-refractivity contribution in [2.24, 2.45) is 16.5 Å². The number of aliphatic imine (C=N–C) groups is 1. The molecular formula is C14H20N4O2S. The van der Waals surface area contributed by atoms with Crippen molar-refractivity contribution in [3.05, 3.63) is 23.3 Å². The molecule has 0 aromatic heterocycles. The number of carbonyl (C=O) groups excluding carboxylic acids is 1. The van der Waals surface area contributed by atoms with Gasteiger partial charge < -0.3 is 16.4 Å². The van der Waals surface area contributed by atoms with Gasteiger partial charge in [-0.15, -0.1) is 0 Å². The summed E-state index contributed by atoms with van der Waals surface area (Å²) >= 11 is 0. The third-order valence-corrected chi connectivity index (χ3v) is 4.47. The van der Waals surface area contributed by atoms with Crippen molar-refractivity contribution in [2.75, 3.05) is 24.2 Å². The molecule has 1 fully saturated rings. The minimum atomic E-state index is -1.19. The Bertz CT molecular complexity index is 618. The van der Waals surface area contributed by atoms with E-state index in [9.17, 15) is 9.00 Å². The second-order valence-corrected chi connectivity index (χ2v) is 6.47. The van der Waals surface area contributed by atoms with Gasteiger partial charge in [0.2, 0.25) is 0 Å². The molecule has 0 aliphatic carbocycles.